The summed E-state index contributed by atoms with van der Waals surface area (Å²) in [6, 6.07) is 14.2. The number of halogens is 1. The SMILES string of the molecule is CCNC(=NCCc1cccc(C(=O)N(C)C)c1)N(C)Cc1cccc(F)c1. The molecule has 0 heterocycles. The molecule has 1 amide bonds. The molecule has 150 valence electrons. The first-order chi connectivity index (χ1) is 13.4. The van der Waals surface area contributed by atoms with E-state index in [-0.39, 0.29) is 11.7 Å². The van der Waals surface area contributed by atoms with E-state index in [2.05, 4.69) is 10.3 Å². The topological polar surface area (TPSA) is 47.9 Å². The van der Waals surface area contributed by atoms with Crippen molar-refractivity contribution in [3.63, 3.8) is 0 Å². The van der Waals surface area contributed by atoms with Gasteiger partial charge in [-0.3, -0.25) is 9.79 Å². The van der Waals surface area contributed by atoms with Crippen molar-refractivity contribution in [1.29, 1.82) is 0 Å². The molecule has 0 aromatic heterocycles. The van der Waals surface area contributed by atoms with Crippen LogP contribution in [-0.4, -0.2) is 55.9 Å². The summed E-state index contributed by atoms with van der Waals surface area (Å²) in [7, 11) is 5.43. The van der Waals surface area contributed by atoms with E-state index in [1.807, 2.05) is 49.2 Å². The Morgan fingerprint density at radius 2 is 1.79 bits per heavy atom. The van der Waals surface area contributed by atoms with Crippen molar-refractivity contribution >= 4 is 11.9 Å². The molecule has 5 nitrogen and oxygen atoms in total. The molecular formula is C22H29FN4O. The molecule has 0 aliphatic carbocycles. The van der Waals surface area contributed by atoms with Crippen LogP contribution >= 0.6 is 0 Å². The Bertz CT molecular complexity index is 820. The van der Waals surface area contributed by atoms with Crippen LogP contribution < -0.4 is 5.32 Å². The molecule has 0 unspecified atom stereocenters. The van der Waals surface area contributed by atoms with Crippen LogP contribution in [0.5, 0.6) is 0 Å². The summed E-state index contributed by atoms with van der Waals surface area (Å²) in [5.41, 5.74) is 2.64. The molecule has 0 saturated heterocycles. The maximum Gasteiger partial charge on any atom is 0.253 e. The van der Waals surface area contributed by atoms with Crippen LogP contribution in [-0.2, 0) is 13.0 Å². The lowest BCUT2D eigenvalue weighted by atomic mass is 10.1. The number of amides is 1. The lowest BCUT2D eigenvalue weighted by molar-refractivity contribution is 0.0827. The minimum atomic E-state index is -0.236. The van der Waals surface area contributed by atoms with Gasteiger partial charge in [0.15, 0.2) is 5.96 Å². The van der Waals surface area contributed by atoms with E-state index in [4.69, 9.17) is 0 Å². The Hall–Kier alpha value is -2.89. The average molecular weight is 384 g/mol. The van der Waals surface area contributed by atoms with E-state index < -0.39 is 0 Å². The quantitative estimate of drug-likeness (QED) is 0.589. The van der Waals surface area contributed by atoms with Crippen LogP contribution in [0.15, 0.2) is 53.5 Å². The Morgan fingerprint density at radius 1 is 1.07 bits per heavy atom. The smallest absolute Gasteiger partial charge is 0.253 e. The molecule has 2 aromatic rings. The van der Waals surface area contributed by atoms with Crippen LogP contribution in [0.3, 0.4) is 0 Å². The first-order valence-corrected chi connectivity index (χ1v) is 9.45. The number of hydrogen-bond acceptors (Lipinski definition) is 2. The fourth-order valence-electron chi connectivity index (χ4n) is 2.86. The number of rotatable bonds is 7. The van der Waals surface area contributed by atoms with Crippen LogP contribution in [0.2, 0.25) is 0 Å². The van der Waals surface area contributed by atoms with E-state index in [0.717, 1.165) is 30.1 Å². The molecule has 0 spiro atoms. The van der Waals surface area contributed by atoms with Crippen molar-refractivity contribution in [3.05, 3.63) is 71.0 Å². The highest BCUT2D eigenvalue weighted by Crippen LogP contribution is 2.09. The molecule has 1 N–H and O–H groups in total. The first-order valence-electron chi connectivity index (χ1n) is 9.45. The van der Waals surface area contributed by atoms with Crippen molar-refractivity contribution in [1.82, 2.24) is 15.1 Å². The second-order valence-corrected chi connectivity index (χ2v) is 6.87. The fourth-order valence-corrected chi connectivity index (χ4v) is 2.86. The maximum absolute atomic E-state index is 13.4. The maximum atomic E-state index is 13.4. The third kappa shape index (κ3) is 6.37. The Morgan fingerprint density at radius 3 is 2.46 bits per heavy atom. The van der Waals surface area contributed by atoms with Gasteiger partial charge in [0.2, 0.25) is 0 Å². The molecule has 6 heteroatoms. The summed E-state index contributed by atoms with van der Waals surface area (Å²) in [5, 5.41) is 3.27. The van der Waals surface area contributed by atoms with Crippen LogP contribution in [0.1, 0.15) is 28.4 Å². The van der Waals surface area contributed by atoms with Gasteiger partial charge in [0, 0.05) is 46.3 Å². The second kappa shape index (κ2) is 10.4. The van der Waals surface area contributed by atoms with Gasteiger partial charge in [0.05, 0.1) is 0 Å². The van der Waals surface area contributed by atoms with Crippen molar-refractivity contribution in [2.24, 2.45) is 4.99 Å². The molecule has 2 rings (SSSR count). The molecule has 2 aromatic carbocycles. The van der Waals surface area contributed by atoms with Gasteiger partial charge in [-0.1, -0.05) is 24.3 Å². The van der Waals surface area contributed by atoms with Gasteiger partial charge in [0.25, 0.3) is 5.91 Å². The fraction of sp³-hybridized carbons (Fsp3) is 0.364. The number of guanidine groups is 1. The minimum Gasteiger partial charge on any atom is -0.357 e. The van der Waals surface area contributed by atoms with Gasteiger partial charge in [0.1, 0.15) is 5.82 Å². The summed E-state index contributed by atoms with van der Waals surface area (Å²) in [6.07, 6.45) is 0.733. The number of nitrogens with one attached hydrogen (secondary N) is 1. The summed E-state index contributed by atoms with van der Waals surface area (Å²) >= 11 is 0. The normalized spacial score (nSPS) is 11.2. The molecule has 0 aliphatic heterocycles. The van der Waals surface area contributed by atoms with Gasteiger partial charge >= 0.3 is 0 Å². The van der Waals surface area contributed by atoms with E-state index in [1.165, 1.54) is 12.1 Å². The van der Waals surface area contributed by atoms with Crippen molar-refractivity contribution < 1.29 is 9.18 Å². The average Bonchev–Trinajstić information content (AvgIpc) is 2.67. The van der Waals surface area contributed by atoms with Crippen molar-refractivity contribution in [3.8, 4) is 0 Å². The lowest BCUT2D eigenvalue weighted by Gasteiger charge is -2.22. The third-order valence-electron chi connectivity index (χ3n) is 4.25. The summed E-state index contributed by atoms with van der Waals surface area (Å²) in [6.45, 7) is 3.92. The molecule has 0 saturated carbocycles. The number of carbonyl (C=O) groups is 1. The number of carbonyl (C=O) groups excluding carboxylic acids is 1. The second-order valence-electron chi connectivity index (χ2n) is 6.87. The van der Waals surface area contributed by atoms with E-state index in [1.54, 1.807) is 25.1 Å². The molecule has 0 bridgehead atoms. The van der Waals surface area contributed by atoms with Gasteiger partial charge in [-0.25, -0.2) is 4.39 Å². The van der Waals surface area contributed by atoms with Crippen molar-refractivity contribution in [2.75, 3.05) is 34.2 Å². The van der Waals surface area contributed by atoms with Crippen LogP contribution in [0.4, 0.5) is 4.39 Å². The largest absolute Gasteiger partial charge is 0.357 e. The Balaban J connectivity index is 2.02. The first kappa shape index (κ1) is 21.4. The molecule has 0 radical (unpaired) electrons. The predicted molar refractivity (Wildman–Crippen MR) is 112 cm³/mol. The molecule has 0 atom stereocenters. The Labute approximate surface area is 166 Å². The third-order valence-corrected chi connectivity index (χ3v) is 4.25. The summed E-state index contributed by atoms with van der Waals surface area (Å²) < 4.78 is 13.4. The number of benzene rings is 2. The van der Waals surface area contributed by atoms with Crippen molar-refractivity contribution in [2.45, 2.75) is 19.9 Å². The summed E-state index contributed by atoms with van der Waals surface area (Å²) in [4.78, 5) is 20.3. The highest BCUT2D eigenvalue weighted by atomic mass is 19.1. The standard InChI is InChI=1S/C22H29FN4O/c1-5-24-22(27(4)16-18-9-7-11-20(23)15-18)25-13-12-17-8-6-10-19(14-17)21(28)26(2)3/h6-11,14-15H,5,12-13,16H2,1-4H3,(H,24,25). The predicted octanol–water partition coefficient (Wildman–Crippen LogP) is 3.17. The molecule has 0 fully saturated rings. The van der Waals surface area contributed by atoms with Gasteiger partial charge in [-0.15, -0.1) is 0 Å². The van der Waals surface area contributed by atoms with Crippen LogP contribution in [0, 0.1) is 5.82 Å². The zero-order chi connectivity index (χ0) is 20.5. The number of nitrogens with zero attached hydrogens (tertiary/aromatic N) is 3. The van der Waals surface area contributed by atoms with Gasteiger partial charge < -0.3 is 15.1 Å². The van der Waals surface area contributed by atoms with E-state index >= 15 is 0 Å². The number of hydrogen-bond donors (Lipinski definition) is 1. The highest BCUT2D eigenvalue weighted by molar-refractivity contribution is 5.94. The van der Waals surface area contributed by atoms with Gasteiger partial charge in [-0.2, -0.15) is 0 Å². The summed E-state index contributed by atoms with van der Waals surface area (Å²) in [5.74, 6) is 0.529. The molecule has 28 heavy (non-hydrogen) atoms. The van der Waals surface area contributed by atoms with E-state index in [9.17, 15) is 9.18 Å². The zero-order valence-electron chi connectivity index (χ0n) is 17.1. The lowest BCUT2D eigenvalue weighted by Crippen LogP contribution is -2.38. The molecular weight excluding hydrogens is 355 g/mol. The zero-order valence-corrected chi connectivity index (χ0v) is 17.1. The van der Waals surface area contributed by atoms with Crippen LogP contribution in [0.25, 0.3) is 0 Å². The van der Waals surface area contributed by atoms with E-state index in [0.29, 0.717) is 18.7 Å². The van der Waals surface area contributed by atoms with Gasteiger partial charge in [-0.05, 0) is 48.7 Å². The Kier molecular flexibility index (Phi) is 7.99. The monoisotopic (exact) mass is 384 g/mol. The highest BCUT2D eigenvalue weighted by Gasteiger charge is 2.09. The molecule has 0 aliphatic rings. The number of aliphatic imine (C=N–C) groups is 1. The minimum absolute atomic E-state index is 0.00600.